The number of hydrogen-bond acceptors (Lipinski definition) is 26. The average molecular weight is 1380 g/mol. The van der Waals surface area contributed by atoms with Crippen LogP contribution in [0.4, 0.5) is 9.59 Å². The zero-order valence-corrected chi connectivity index (χ0v) is 56.9. The number of hydrogen-bond donors (Lipinski definition) is 5. The maximum atomic E-state index is 15.3. The van der Waals surface area contributed by atoms with Crippen LogP contribution < -0.4 is 0 Å². The van der Waals surface area contributed by atoms with Gasteiger partial charge < -0.3 is 77.6 Å². The molecule has 0 radical (unpaired) electrons. The fourth-order valence-electron chi connectivity index (χ4n) is 16.4. The summed E-state index contributed by atoms with van der Waals surface area (Å²) in [5.41, 5.74) is -14.1. The van der Waals surface area contributed by atoms with Gasteiger partial charge in [0.1, 0.15) is 54.9 Å². The summed E-state index contributed by atoms with van der Waals surface area (Å²) in [5.74, 6) is -9.14. The molecule has 0 amide bonds. The van der Waals surface area contributed by atoms with Gasteiger partial charge in [0.15, 0.2) is 35.0 Å². The van der Waals surface area contributed by atoms with Gasteiger partial charge in [0.05, 0.1) is 65.3 Å². The molecule has 0 aromatic heterocycles. The standard InChI is InChI=1S/C35H42O13.C31H38O11.C4H5ClO2/c1-8-14-43-31(41)46-23-15-24-34(17-44-24,48-20(4)37)27-29(47-30(40)21-12-10-9-11-13-21)35(42)16-22(38)18(2)25(32(35,5)6)26(45-19(3)36)28(39)33(23,27)7;1-15-19(34)13-31(38)26(41-27(37)18-10-8-7-9-11-18)24-29(6,20(35)12-21-30(24,14-39-21)42-17(3)33)25(36)23(40-16(2)32)22(15)28(31,4)5;1-2-3-7-4(5)6/h8-13,22-24,26-27,29,38,42H,1,14-17H2,2-7H3;7-11,19-21,23-24,26,34-35,38H,12-14H2,1-6H3;2H,1,3H2/t22-,23-,24+,26+,27?,29-,33+,34-,35+;19-,20-,21+,23+,24?,26-,29+,30-,31+;/m00./s1. The first kappa shape index (κ1) is 75.1. The lowest BCUT2D eigenvalue weighted by molar-refractivity contribution is -0.346. The number of rotatable bonds is 13. The quantitative estimate of drug-likeness (QED) is 0.0645. The molecule has 6 fully saturated rings. The molecule has 2 heterocycles. The lowest BCUT2D eigenvalue weighted by Crippen LogP contribution is -2.82. The highest BCUT2D eigenvalue weighted by atomic mass is 35.5. The van der Waals surface area contributed by atoms with E-state index in [1.165, 1.54) is 64.1 Å². The molecule has 2 unspecified atom stereocenters. The minimum absolute atomic E-state index is 0.103. The number of carbonyl (C=O) groups excluding carboxylic acids is 10. The van der Waals surface area contributed by atoms with Gasteiger partial charge in [-0.15, -0.1) is 0 Å². The number of carbonyl (C=O) groups is 10. The van der Waals surface area contributed by atoms with Gasteiger partial charge in [-0.3, -0.25) is 28.8 Å². The Kier molecular flexibility index (Phi) is 21.6. The highest BCUT2D eigenvalue weighted by molar-refractivity contribution is 6.61. The van der Waals surface area contributed by atoms with E-state index in [1.54, 1.807) is 77.9 Å². The van der Waals surface area contributed by atoms with E-state index in [0.717, 1.165) is 13.8 Å². The lowest BCUT2D eigenvalue weighted by atomic mass is 9.44. The molecule has 2 aromatic rings. The first-order valence-electron chi connectivity index (χ1n) is 31.6. The van der Waals surface area contributed by atoms with Gasteiger partial charge in [-0.05, 0) is 74.3 Å². The van der Waals surface area contributed by atoms with Crippen molar-refractivity contribution in [3.8, 4) is 0 Å². The molecule has 8 aliphatic rings. The highest BCUT2D eigenvalue weighted by Crippen LogP contribution is 2.67. The molecule has 4 bridgehead atoms. The number of esters is 6. The maximum absolute atomic E-state index is 15.3. The number of benzene rings is 2. The molecule has 0 spiro atoms. The zero-order chi connectivity index (χ0) is 72.1. The van der Waals surface area contributed by atoms with Crippen molar-refractivity contribution in [2.24, 2.45) is 33.5 Å². The normalized spacial score (nSPS) is 36.1. The summed E-state index contributed by atoms with van der Waals surface area (Å²) in [6, 6.07) is 16.0. The summed E-state index contributed by atoms with van der Waals surface area (Å²) >= 11 is 4.75. The van der Waals surface area contributed by atoms with Crippen LogP contribution >= 0.6 is 11.6 Å². The van der Waals surface area contributed by atoms with Crippen molar-refractivity contribution < 1.29 is 126 Å². The number of aliphatic hydroxyl groups is 5. The predicted octanol–water partition coefficient (Wildman–Crippen LogP) is 6.20. The van der Waals surface area contributed by atoms with E-state index < -0.39 is 176 Å². The molecule has 26 nitrogen and oxygen atoms in total. The number of Topliss-reactive ketones (excluding diaryl/α,β-unsaturated/α-hetero) is 2. The Labute approximate surface area is 565 Å². The summed E-state index contributed by atoms with van der Waals surface area (Å²) < 4.78 is 62.5. The average Bonchev–Trinajstić information content (AvgIpc) is 0.674. The maximum Gasteiger partial charge on any atom is 0.508 e. The number of ether oxygens (including phenoxy) is 11. The van der Waals surface area contributed by atoms with Gasteiger partial charge >= 0.3 is 47.4 Å². The third-order valence-electron chi connectivity index (χ3n) is 21.3. The summed E-state index contributed by atoms with van der Waals surface area (Å²) in [4.78, 5) is 131. The van der Waals surface area contributed by atoms with E-state index in [9.17, 15) is 68.7 Å². The van der Waals surface area contributed by atoms with Crippen LogP contribution in [0, 0.1) is 33.5 Å². The van der Waals surface area contributed by atoms with Crippen LogP contribution in [0.1, 0.15) is 129 Å². The zero-order valence-electron chi connectivity index (χ0n) is 56.1. The molecule has 97 heavy (non-hydrogen) atoms. The fraction of sp³-hybridized carbons (Fsp3) is 0.571. The Morgan fingerprint density at radius 2 is 0.938 bits per heavy atom. The van der Waals surface area contributed by atoms with Crippen LogP contribution in [0.15, 0.2) is 108 Å². The van der Waals surface area contributed by atoms with Gasteiger partial charge in [-0.2, -0.15) is 0 Å². The van der Waals surface area contributed by atoms with Crippen LogP contribution in [-0.2, 0) is 80.9 Å². The largest absolute Gasteiger partial charge is 0.508 e. The van der Waals surface area contributed by atoms with Gasteiger partial charge in [0.25, 0.3) is 0 Å². The van der Waals surface area contributed by atoms with E-state index in [4.69, 9.17) is 59.0 Å². The highest BCUT2D eigenvalue weighted by Gasteiger charge is 2.81. The first-order valence-corrected chi connectivity index (χ1v) is 32.0. The smallest absolute Gasteiger partial charge is 0.455 e. The number of aliphatic hydroxyl groups excluding tert-OH is 3. The Bertz CT molecular complexity index is 3540. The molecule has 6 aliphatic carbocycles. The van der Waals surface area contributed by atoms with Crippen LogP contribution in [0.5, 0.6) is 0 Å². The second-order valence-electron chi connectivity index (χ2n) is 27.3. The molecule has 10 rings (SSSR count). The Balaban J connectivity index is 0.000000227. The van der Waals surface area contributed by atoms with Crippen molar-refractivity contribution in [1.82, 2.24) is 0 Å². The van der Waals surface area contributed by atoms with E-state index >= 15 is 4.79 Å². The Morgan fingerprint density at radius 1 is 0.557 bits per heavy atom. The molecule has 2 aromatic carbocycles. The van der Waals surface area contributed by atoms with Crippen LogP contribution in [0.3, 0.4) is 0 Å². The van der Waals surface area contributed by atoms with Crippen molar-refractivity contribution in [2.75, 3.05) is 26.4 Å². The van der Waals surface area contributed by atoms with E-state index in [2.05, 4.69) is 17.9 Å². The first-order chi connectivity index (χ1) is 45.2. The minimum atomic E-state index is -2.20. The minimum Gasteiger partial charge on any atom is -0.455 e. The van der Waals surface area contributed by atoms with E-state index in [0.29, 0.717) is 5.57 Å². The lowest BCUT2D eigenvalue weighted by Gasteiger charge is -2.67. The third-order valence-corrected chi connectivity index (χ3v) is 21.4. The van der Waals surface area contributed by atoms with Crippen molar-refractivity contribution in [1.29, 1.82) is 0 Å². The number of halogens is 1. The molecule has 18 atom stereocenters. The molecule has 5 N–H and O–H groups in total. The van der Waals surface area contributed by atoms with Crippen molar-refractivity contribution in [2.45, 2.75) is 192 Å². The van der Waals surface area contributed by atoms with Gasteiger partial charge in [-0.25, -0.2) is 19.2 Å². The van der Waals surface area contributed by atoms with Crippen LogP contribution in [-0.4, -0.2) is 194 Å². The van der Waals surface area contributed by atoms with Crippen LogP contribution in [0.25, 0.3) is 0 Å². The second kappa shape index (κ2) is 27.9. The molecule has 528 valence electrons. The predicted molar refractivity (Wildman–Crippen MR) is 337 cm³/mol. The summed E-state index contributed by atoms with van der Waals surface area (Å²) in [5, 5.41) is 60.3. The van der Waals surface area contributed by atoms with E-state index in [-0.39, 0.29) is 80.0 Å². The molecular weight excluding hydrogens is 1290 g/mol. The number of ketones is 2. The molecular formula is C70H85ClO26. The number of fused-ring (bicyclic) bond motifs is 10. The summed E-state index contributed by atoms with van der Waals surface area (Å²) in [6.45, 7) is 23.4. The topological polar surface area (TPSA) is 373 Å². The second-order valence-corrected chi connectivity index (χ2v) is 27.6. The van der Waals surface area contributed by atoms with Crippen molar-refractivity contribution >= 4 is 70.6 Å². The fourth-order valence-corrected chi connectivity index (χ4v) is 16.4. The third kappa shape index (κ3) is 12.8. The van der Waals surface area contributed by atoms with Gasteiger partial charge in [-0.1, -0.05) is 89.4 Å². The molecule has 4 saturated carbocycles. The Morgan fingerprint density at radius 3 is 1.29 bits per heavy atom. The molecule has 2 aliphatic heterocycles. The summed E-state index contributed by atoms with van der Waals surface area (Å²) in [7, 11) is 0. The Hall–Kier alpha value is -7.69. The molecule has 2 saturated heterocycles. The van der Waals surface area contributed by atoms with Crippen LogP contribution in [0.2, 0.25) is 0 Å². The summed E-state index contributed by atoms with van der Waals surface area (Å²) in [6.07, 6.45) is -13.4. The monoisotopic (exact) mass is 1380 g/mol. The van der Waals surface area contributed by atoms with Gasteiger partial charge in [0, 0.05) is 75.8 Å². The SMILES string of the molecule is C=CCOC(=O)Cl.C=CCOC(=O)O[C@H]1C[C@H]2OC[C@@]2(OC(C)=O)C2[C@H](OC(=O)c3ccccc3)[C@]3(O)C[C@H](O)C(C)=C([C@@H](OC(C)=O)C(=O)[C@@]21C)C3(C)C.CC(=O)O[C@H]1C(=O)[C@@]2(C)C([C@H](OC(=O)c3ccccc3)[C@]3(O)C[C@H](O)C(C)=C1C3(C)C)[C@]1(OC(C)=O)CO[C@@H]1C[C@@H]2O. The molecule has 27 heteroatoms. The van der Waals surface area contributed by atoms with Gasteiger partial charge in [0.2, 0.25) is 0 Å². The van der Waals surface area contributed by atoms with E-state index in [1.807, 2.05) is 0 Å². The van der Waals surface area contributed by atoms with Crippen molar-refractivity contribution in [3.63, 3.8) is 0 Å². The van der Waals surface area contributed by atoms with Crippen molar-refractivity contribution in [3.05, 3.63) is 119 Å².